The van der Waals surface area contributed by atoms with E-state index in [1.54, 1.807) is 0 Å². The third kappa shape index (κ3) is 2.60. The van der Waals surface area contributed by atoms with Crippen molar-refractivity contribution in [1.82, 2.24) is 10.2 Å². The van der Waals surface area contributed by atoms with E-state index in [1.165, 1.54) is 6.42 Å². The van der Waals surface area contributed by atoms with Crippen LogP contribution in [-0.4, -0.2) is 36.2 Å². The molecule has 0 aromatic carbocycles. The molecule has 70 valence electrons. The van der Waals surface area contributed by atoms with Crippen molar-refractivity contribution >= 4 is 17.3 Å². The Morgan fingerprint density at radius 1 is 1.75 bits per heavy atom. The molecule has 1 heterocycles. The summed E-state index contributed by atoms with van der Waals surface area (Å²) in [7, 11) is 2.16. The first-order valence-electron chi connectivity index (χ1n) is 4.33. The van der Waals surface area contributed by atoms with Crippen molar-refractivity contribution in [3.63, 3.8) is 0 Å². The van der Waals surface area contributed by atoms with E-state index in [1.807, 2.05) is 0 Å². The lowest BCUT2D eigenvalue weighted by atomic mass is 10.1. The Morgan fingerprint density at radius 2 is 2.42 bits per heavy atom. The second-order valence-corrected chi connectivity index (χ2v) is 4.08. The minimum absolute atomic E-state index is 0.414. The average molecular weight is 187 g/mol. The third-order valence-electron chi connectivity index (χ3n) is 2.54. The highest BCUT2D eigenvalue weighted by molar-refractivity contribution is 7.80. The molecule has 1 saturated heterocycles. The fourth-order valence-electron chi connectivity index (χ4n) is 1.72. The quantitative estimate of drug-likeness (QED) is 0.604. The molecule has 0 bridgehead atoms. The summed E-state index contributed by atoms with van der Waals surface area (Å²) >= 11 is 4.74. The van der Waals surface area contributed by atoms with E-state index < -0.39 is 0 Å². The van der Waals surface area contributed by atoms with Crippen LogP contribution in [0, 0.1) is 5.92 Å². The average Bonchev–Trinajstić information content (AvgIpc) is 2.28. The first-order valence-corrected chi connectivity index (χ1v) is 4.74. The molecule has 2 unspecified atom stereocenters. The SMILES string of the molecule is CC1CC(CNC(N)=S)CN1C. The molecule has 0 aromatic rings. The van der Waals surface area contributed by atoms with Crippen molar-refractivity contribution < 1.29 is 0 Å². The van der Waals surface area contributed by atoms with Gasteiger partial charge in [-0.1, -0.05) is 0 Å². The monoisotopic (exact) mass is 187 g/mol. The lowest BCUT2D eigenvalue weighted by molar-refractivity contribution is 0.325. The summed E-state index contributed by atoms with van der Waals surface area (Å²) in [5.74, 6) is 0.700. The molecule has 3 nitrogen and oxygen atoms in total. The zero-order chi connectivity index (χ0) is 9.14. The fourth-order valence-corrected chi connectivity index (χ4v) is 1.80. The van der Waals surface area contributed by atoms with Gasteiger partial charge in [-0.25, -0.2) is 0 Å². The van der Waals surface area contributed by atoms with Gasteiger partial charge in [0, 0.05) is 19.1 Å². The highest BCUT2D eigenvalue weighted by atomic mass is 32.1. The fraction of sp³-hybridized carbons (Fsp3) is 0.875. The predicted molar refractivity (Wildman–Crippen MR) is 55.0 cm³/mol. The molecule has 12 heavy (non-hydrogen) atoms. The van der Waals surface area contributed by atoms with Crippen molar-refractivity contribution in [3.05, 3.63) is 0 Å². The minimum Gasteiger partial charge on any atom is -0.376 e. The van der Waals surface area contributed by atoms with Crippen LogP contribution in [0.4, 0.5) is 0 Å². The van der Waals surface area contributed by atoms with Crippen LogP contribution in [0.2, 0.25) is 0 Å². The molecule has 1 rings (SSSR count). The number of thiocarbonyl (C=S) groups is 1. The number of nitrogens with zero attached hydrogens (tertiary/aromatic N) is 1. The molecule has 0 spiro atoms. The predicted octanol–water partition coefficient (Wildman–Crippen LogP) is 0.160. The van der Waals surface area contributed by atoms with E-state index in [-0.39, 0.29) is 0 Å². The first-order chi connectivity index (χ1) is 5.59. The molecule has 3 N–H and O–H groups in total. The van der Waals surface area contributed by atoms with E-state index in [9.17, 15) is 0 Å². The smallest absolute Gasteiger partial charge is 0.163 e. The molecule has 0 saturated carbocycles. The first kappa shape index (κ1) is 9.74. The van der Waals surface area contributed by atoms with Crippen molar-refractivity contribution in [1.29, 1.82) is 0 Å². The lowest BCUT2D eigenvalue weighted by Gasteiger charge is -2.12. The molecule has 0 amide bonds. The molecule has 1 aliphatic rings. The Labute approximate surface area is 79.3 Å². The van der Waals surface area contributed by atoms with Crippen molar-refractivity contribution in [2.24, 2.45) is 11.7 Å². The van der Waals surface area contributed by atoms with Gasteiger partial charge >= 0.3 is 0 Å². The van der Waals surface area contributed by atoms with Crippen LogP contribution in [0.1, 0.15) is 13.3 Å². The van der Waals surface area contributed by atoms with Gasteiger partial charge in [0.05, 0.1) is 0 Å². The molecule has 0 radical (unpaired) electrons. The number of hydrogen-bond donors (Lipinski definition) is 2. The van der Waals surface area contributed by atoms with Gasteiger partial charge < -0.3 is 16.0 Å². The van der Waals surface area contributed by atoms with Crippen LogP contribution >= 0.6 is 12.2 Å². The molecule has 0 aliphatic carbocycles. The Morgan fingerprint density at radius 3 is 2.83 bits per heavy atom. The van der Waals surface area contributed by atoms with Crippen molar-refractivity contribution in [2.45, 2.75) is 19.4 Å². The topological polar surface area (TPSA) is 41.3 Å². The summed E-state index contributed by atoms with van der Waals surface area (Å²) in [5.41, 5.74) is 5.35. The van der Waals surface area contributed by atoms with Crippen LogP contribution in [0.25, 0.3) is 0 Å². The van der Waals surface area contributed by atoms with Gasteiger partial charge in [-0.05, 0) is 38.5 Å². The minimum atomic E-state index is 0.414. The van der Waals surface area contributed by atoms with Crippen LogP contribution in [0.3, 0.4) is 0 Å². The number of nitrogens with two attached hydrogens (primary N) is 1. The zero-order valence-electron chi connectivity index (χ0n) is 7.71. The van der Waals surface area contributed by atoms with E-state index >= 15 is 0 Å². The van der Waals surface area contributed by atoms with E-state index in [0.717, 1.165) is 13.1 Å². The normalized spacial score (nSPS) is 30.5. The summed E-state index contributed by atoms with van der Waals surface area (Å²) < 4.78 is 0. The van der Waals surface area contributed by atoms with Crippen LogP contribution in [0.15, 0.2) is 0 Å². The number of likely N-dealkylation sites (tertiary alicyclic amines) is 1. The maximum absolute atomic E-state index is 5.35. The summed E-state index contributed by atoms with van der Waals surface area (Å²) in [4.78, 5) is 2.37. The van der Waals surface area contributed by atoms with Crippen LogP contribution in [0.5, 0.6) is 0 Å². The maximum Gasteiger partial charge on any atom is 0.163 e. The lowest BCUT2D eigenvalue weighted by Crippen LogP contribution is -2.34. The van der Waals surface area contributed by atoms with Crippen LogP contribution in [-0.2, 0) is 0 Å². The van der Waals surface area contributed by atoms with Gasteiger partial charge in [0.2, 0.25) is 0 Å². The van der Waals surface area contributed by atoms with E-state index in [0.29, 0.717) is 17.1 Å². The highest BCUT2D eigenvalue weighted by Gasteiger charge is 2.25. The Kier molecular flexibility index (Phi) is 3.29. The Balaban J connectivity index is 2.23. The van der Waals surface area contributed by atoms with Gasteiger partial charge in [-0.2, -0.15) is 0 Å². The molecule has 1 aliphatic heterocycles. The van der Waals surface area contributed by atoms with Crippen molar-refractivity contribution in [3.8, 4) is 0 Å². The summed E-state index contributed by atoms with van der Waals surface area (Å²) in [6.45, 7) is 4.32. The largest absolute Gasteiger partial charge is 0.376 e. The molecule has 4 heteroatoms. The molecule has 1 fully saturated rings. The second-order valence-electron chi connectivity index (χ2n) is 3.64. The van der Waals surface area contributed by atoms with E-state index in [2.05, 4.69) is 24.2 Å². The van der Waals surface area contributed by atoms with Crippen molar-refractivity contribution in [2.75, 3.05) is 20.1 Å². The number of nitrogens with one attached hydrogen (secondary N) is 1. The van der Waals surface area contributed by atoms with Gasteiger partial charge in [-0.15, -0.1) is 0 Å². The molecule has 0 aromatic heterocycles. The second kappa shape index (κ2) is 4.05. The Hall–Kier alpha value is -0.350. The number of hydrogen-bond acceptors (Lipinski definition) is 2. The number of rotatable bonds is 2. The standard InChI is InChI=1S/C8H17N3S/c1-6-3-7(5-11(6)2)4-10-8(9)12/h6-7H,3-5H2,1-2H3,(H3,9,10,12). The molecular formula is C8H17N3S. The van der Waals surface area contributed by atoms with Gasteiger partial charge in [0.25, 0.3) is 0 Å². The zero-order valence-corrected chi connectivity index (χ0v) is 8.53. The Bertz CT molecular complexity index is 162. The third-order valence-corrected chi connectivity index (χ3v) is 2.68. The van der Waals surface area contributed by atoms with Gasteiger partial charge in [-0.3, -0.25) is 0 Å². The van der Waals surface area contributed by atoms with Gasteiger partial charge in [0.15, 0.2) is 5.11 Å². The maximum atomic E-state index is 5.35. The highest BCUT2D eigenvalue weighted by Crippen LogP contribution is 2.19. The molecular weight excluding hydrogens is 170 g/mol. The summed E-state index contributed by atoms with van der Waals surface area (Å²) in [6, 6.07) is 0.697. The van der Waals surface area contributed by atoms with E-state index in [4.69, 9.17) is 18.0 Å². The summed E-state index contributed by atoms with van der Waals surface area (Å²) in [6.07, 6.45) is 1.24. The molecule has 2 atom stereocenters. The summed E-state index contributed by atoms with van der Waals surface area (Å²) in [5, 5.41) is 3.43. The van der Waals surface area contributed by atoms with Gasteiger partial charge in [0.1, 0.15) is 0 Å². The van der Waals surface area contributed by atoms with Crippen LogP contribution < -0.4 is 11.1 Å².